The standard InChI is InChI=1S/C13H17N/c1-9-5-3-8-13-11(9)6-4-7-12(13)10(2)14/h3,5,7-8,10H,4,6,14H2,1-2H3. The topological polar surface area (TPSA) is 26.0 Å². The second kappa shape index (κ2) is 3.58. The average molecular weight is 187 g/mol. The first-order valence-corrected chi connectivity index (χ1v) is 5.24. The van der Waals surface area contributed by atoms with Crippen molar-refractivity contribution in [3.63, 3.8) is 0 Å². The van der Waals surface area contributed by atoms with Crippen LogP contribution in [0.15, 0.2) is 24.3 Å². The number of rotatable bonds is 1. The van der Waals surface area contributed by atoms with Crippen LogP contribution < -0.4 is 5.73 Å². The zero-order chi connectivity index (χ0) is 10.1. The third kappa shape index (κ3) is 1.48. The van der Waals surface area contributed by atoms with Crippen LogP contribution in [0.5, 0.6) is 0 Å². The zero-order valence-electron chi connectivity index (χ0n) is 8.88. The molecule has 1 unspecified atom stereocenters. The molecule has 1 aromatic rings. The molecule has 0 heterocycles. The lowest BCUT2D eigenvalue weighted by Crippen LogP contribution is -2.19. The molecule has 0 amide bonds. The van der Waals surface area contributed by atoms with Crippen molar-refractivity contribution in [2.75, 3.05) is 0 Å². The number of fused-ring (bicyclic) bond motifs is 1. The molecule has 14 heavy (non-hydrogen) atoms. The van der Waals surface area contributed by atoms with Crippen LogP contribution in [0.25, 0.3) is 5.57 Å². The first-order chi connectivity index (χ1) is 6.70. The van der Waals surface area contributed by atoms with Crippen molar-refractivity contribution in [2.24, 2.45) is 5.73 Å². The van der Waals surface area contributed by atoms with E-state index >= 15 is 0 Å². The Hall–Kier alpha value is -1.08. The lowest BCUT2D eigenvalue weighted by molar-refractivity contribution is 0.891. The Morgan fingerprint density at radius 2 is 2.14 bits per heavy atom. The van der Waals surface area contributed by atoms with Crippen LogP contribution >= 0.6 is 0 Å². The first kappa shape index (κ1) is 9.47. The second-order valence-electron chi connectivity index (χ2n) is 4.09. The van der Waals surface area contributed by atoms with Gasteiger partial charge in [0, 0.05) is 6.04 Å². The fourth-order valence-electron chi connectivity index (χ4n) is 2.22. The van der Waals surface area contributed by atoms with Crippen LogP contribution in [0.4, 0.5) is 0 Å². The summed E-state index contributed by atoms with van der Waals surface area (Å²) in [6.07, 6.45) is 4.58. The first-order valence-electron chi connectivity index (χ1n) is 5.24. The molecular weight excluding hydrogens is 170 g/mol. The predicted octanol–water partition coefficient (Wildman–Crippen LogP) is 2.67. The highest BCUT2D eigenvalue weighted by atomic mass is 14.6. The van der Waals surface area contributed by atoms with E-state index in [-0.39, 0.29) is 6.04 Å². The minimum absolute atomic E-state index is 0.149. The summed E-state index contributed by atoms with van der Waals surface area (Å²) in [5.41, 5.74) is 11.5. The number of hydrogen-bond donors (Lipinski definition) is 1. The fraction of sp³-hybridized carbons (Fsp3) is 0.385. The number of benzene rings is 1. The van der Waals surface area contributed by atoms with E-state index in [1.807, 2.05) is 0 Å². The molecule has 2 rings (SSSR count). The Labute approximate surface area is 85.6 Å². The zero-order valence-corrected chi connectivity index (χ0v) is 8.88. The molecular formula is C13H17N. The second-order valence-corrected chi connectivity index (χ2v) is 4.09. The Morgan fingerprint density at radius 3 is 2.86 bits per heavy atom. The Kier molecular flexibility index (Phi) is 2.42. The summed E-state index contributed by atoms with van der Waals surface area (Å²) in [6, 6.07) is 6.64. The molecule has 0 saturated heterocycles. The molecule has 0 aliphatic heterocycles. The summed E-state index contributed by atoms with van der Waals surface area (Å²) in [6.45, 7) is 4.24. The van der Waals surface area contributed by atoms with Crippen molar-refractivity contribution in [3.05, 3.63) is 41.0 Å². The summed E-state index contributed by atoms with van der Waals surface area (Å²) < 4.78 is 0. The van der Waals surface area contributed by atoms with Crippen molar-refractivity contribution in [1.29, 1.82) is 0 Å². The molecule has 1 nitrogen and oxygen atoms in total. The molecule has 1 aliphatic rings. The Morgan fingerprint density at radius 1 is 1.36 bits per heavy atom. The quantitative estimate of drug-likeness (QED) is 0.718. The molecule has 2 N–H and O–H groups in total. The molecule has 0 radical (unpaired) electrons. The maximum Gasteiger partial charge on any atom is 0.0268 e. The van der Waals surface area contributed by atoms with Gasteiger partial charge in [0.15, 0.2) is 0 Å². The number of nitrogens with two attached hydrogens (primary N) is 1. The number of allylic oxidation sites excluding steroid dienone is 1. The van der Waals surface area contributed by atoms with E-state index in [9.17, 15) is 0 Å². The van der Waals surface area contributed by atoms with Gasteiger partial charge in [-0.1, -0.05) is 24.3 Å². The highest BCUT2D eigenvalue weighted by Gasteiger charge is 2.15. The van der Waals surface area contributed by atoms with Crippen molar-refractivity contribution in [2.45, 2.75) is 32.7 Å². The number of aryl methyl sites for hydroxylation is 1. The fourth-order valence-corrected chi connectivity index (χ4v) is 2.22. The van der Waals surface area contributed by atoms with Gasteiger partial charge in [-0.05, 0) is 49.0 Å². The van der Waals surface area contributed by atoms with Gasteiger partial charge in [0.05, 0.1) is 0 Å². The summed E-state index contributed by atoms with van der Waals surface area (Å²) in [4.78, 5) is 0. The van der Waals surface area contributed by atoms with E-state index in [1.54, 1.807) is 0 Å². The SMILES string of the molecule is Cc1cccc2c1CCC=C2C(C)N. The summed E-state index contributed by atoms with van der Waals surface area (Å²) in [5.74, 6) is 0. The Bertz CT molecular complexity index is 375. The molecule has 1 heteroatoms. The van der Waals surface area contributed by atoms with Gasteiger partial charge >= 0.3 is 0 Å². The van der Waals surface area contributed by atoms with E-state index in [2.05, 4.69) is 38.1 Å². The van der Waals surface area contributed by atoms with Crippen molar-refractivity contribution in [1.82, 2.24) is 0 Å². The number of hydrogen-bond acceptors (Lipinski definition) is 1. The van der Waals surface area contributed by atoms with Gasteiger partial charge in [0.1, 0.15) is 0 Å². The molecule has 0 aromatic heterocycles. The van der Waals surface area contributed by atoms with Crippen LogP contribution in [-0.4, -0.2) is 6.04 Å². The normalized spacial score (nSPS) is 17.2. The van der Waals surface area contributed by atoms with Gasteiger partial charge in [0.25, 0.3) is 0 Å². The van der Waals surface area contributed by atoms with Crippen molar-refractivity contribution in [3.8, 4) is 0 Å². The molecule has 1 aliphatic carbocycles. The van der Waals surface area contributed by atoms with Gasteiger partial charge in [-0.15, -0.1) is 0 Å². The largest absolute Gasteiger partial charge is 0.324 e. The minimum atomic E-state index is 0.149. The van der Waals surface area contributed by atoms with E-state index in [1.165, 1.54) is 22.3 Å². The lowest BCUT2D eigenvalue weighted by atomic mass is 9.85. The van der Waals surface area contributed by atoms with Gasteiger partial charge < -0.3 is 5.73 Å². The van der Waals surface area contributed by atoms with Gasteiger partial charge in [0.2, 0.25) is 0 Å². The van der Waals surface area contributed by atoms with Gasteiger partial charge in [-0.2, -0.15) is 0 Å². The molecule has 1 atom stereocenters. The van der Waals surface area contributed by atoms with E-state index in [0.717, 1.165) is 12.8 Å². The smallest absolute Gasteiger partial charge is 0.0268 e. The van der Waals surface area contributed by atoms with Gasteiger partial charge in [-0.25, -0.2) is 0 Å². The molecule has 0 bridgehead atoms. The van der Waals surface area contributed by atoms with Crippen LogP contribution in [-0.2, 0) is 6.42 Å². The maximum atomic E-state index is 5.96. The van der Waals surface area contributed by atoms with Crippen molar-refractivity contribution < 1.29 is 0 Å². The monoisotopic (exact) mass is 187 g/mol. The van der Waals surface area contributed by atoms with E-state index < -0.39 is 0 Å². The van der Waals surface area contributed by atoms with Crippen LogP contribution in [0.3, 0.4) is 0 Å². The van der Waals surface area contributed by atoms with Crippen LogP contribution in [0.2, 0.25) is 0 Å². The van der Waals surface area contributed by atoms with Crippen molar-refractivity contribution >= 4 is 5.57 Å². The maximum absolute atomic E-state index is 5.96. The molecule has 1 aromatic carbocycles. The third-order valence-electron chi connectivity index (χ3n) is 2.97. The minimum Gasteiger partial charge on any atom is -0.324 e. The molecule has 74 valence electrons. The molecule has 0 fully saturated rings. The van der Waals surface area contributed by atoms with E-state index in [4.69, 9.17) is 5.73 Å². The van der Waals surface area contributed by atoms with Crippen LogP contribution in [0.1, 0.15) is 30.0 Å². The lowest BCUT2D eigenvalue weighted by Gasteiger charge is -2.21. The summed E-state index contributed by atoms with van der Waals surface area (Å²) >= 11 is 0. The average Bonchev–Trinajstić information content (AvgIpc) is 2.17. The third-order valence-corrected chi connectivity index (χ3v) is 2.97. The van der Waals surface area contributed by atoms with E-state index in [0.29, 0.717) is 0 Å². The molecule has 0 saturated carbocycles. The Balaban J connectivity index is 2.54. The summed E-state index contributed by atoms with van der Waals surface area (Å²) in [7, 11) is 0. The molecule has 0 spiro atoms. The summed E-state index contributed by atoms with van der Waals surface area (Å²) in [5, 5.41) is 0. The highest BCUT2D eigenvalue weighted by Crippen LogP contribution is 2.29. The van der Waals surface area contributed by atoms with Gasteiger partial charge in [-0.3, -0.25) is 0 Å². The predicted molar refractivity (Wildman–Crippen MR) is 61.1 cm³/mol. The van der Waals surface area contributed by atoms with Crippen LogP contribution in [0, 0.1) is 6.92 Å². The highest BCUT2D eigenvalue weighted by molar-refractivity contribution is 5.74.